The number of likely N-dealkylation sites (tertiary alicyclic amines) is 1. The SMILES string of the molecule is O=C(Cn1nc2ccccc2n1)N1CCOC[C@](O)(CN2CCCC2)C1. The van der Waals surface area contributed by atoms with Crippen LogP contribution in [0.4, 0.5) is 0 Å². The van der Waals surface area contributed by atoms with Crippen LogP contribution in [-0.2, 0) is 16.1 Å². The maximum atomic E-state index is 12.8. The summed E-state index contributed by atoms with van der Waals surface area (Å²) in [5.74, 6) is -0.101. The molecule has 0 aliphatic carbocycles. The number of rotatable bonds is 4. The zero-order valence-corrected chi connectivity index (χ0v) is 14.9. The van der Waals surface area contributed by atoms with Crippen LogP contribution in [0.25, 0.3) is 11.0 Å². The van der Waals surface area contributed by atoms with Gasteiger partial charge in [0.2, 0.25) is 5.91 Å². The highest BCUT2D eigenvalue weighted by Gasteiger charge is 2.36. The fraction of sp³-hybridized carbons (Fsp3) is 0.611. The van der Waals surface area contributed by atoms with Gasteiger partial charge in [0.25, 0.3) is 0 Å². The summed E-state index contributed by atoms with van der Waals surface area (Å²) in [4.78, 5) is 18.1. The first-order valence-corrected chi connectivity index (χ1v) is 9.21. The van der Waals surface area contributed by atoms with Crippen LogP contribution in [0, 0.1) is 0 Å². The van der Waals surface area contributed by atoms with E-state index in [9.17, 15) is 9.90 Å². The van der Waals surface area contributed by atoms with Crippen LogP contribution >= 0.6 is 0 Å². The predicted molar refractivity (Wildman–Crippen MR) is 95.6 cm³/mol. The summed E-state index contributed by atoms with van der Waals surface area (Å²) in [5, 5.41) is 19.7. The molecule has 0 bridgehead atoms. The van der Waals surface area contributed by atoms with Gasteiger partial charge < -0.3 is 19.6 Å². The third-order valence-electron chi connectivity index (χ3n) is 5.04. The fourth-order valence-corrected chi connectivity index (χ4v) is 3.78. The number of nitrogens with zero attached hydrogens (tertiary/aromatic N) is 5. The molecule has 2 fully saturated rings. The van der Waals surface area contributed by atoms with Crippen LogP contribution in [0.15, 0.2) is 24.3 Å². The van der Waals surface area contributed by atoms with E-state index in [0.29, 0.717) is 19.7 Å². The summed E-state index contributed by atoms with van der Waals surface area (Å²) in [7, 11) is 0. The van der Waals surface area contributed by atoms with Crippen LogP contribution < -0.4 is 0 Å². The van der Waals surface area contributed by atoms with E-state index in [4.69, 9.17) is 4.74 Å². The van der Waals surface area contributed by atoms with Crippen LogP contribution in [0.1, 0.15) is 12.8 Å². The van der Waals surface area contributed by atoms with Crippen LogP contribution in [0.2, 0.25) is 0 Å². The first-order chi connectivity index (χ1) is 12.6. The monoisotopic (exact) mass is 359 g/mol. The Balaban J connectivity index is 1.43. The van der Waals surface area contributed by atoms with Crippen LogP contribution in [-0.4, -0.2) is 87.3 Å². The van der Waals surface area contributed by atoms with Crippen molar-refractivity contribution in [2.45, 2.75) is 25.0 Å². The summed E-state index contributed by atoms with van der Waals surface area (Å²) < 4.78 is 5.59. The minimum Gasteiger partial charge on any atom is -0.384 e. The second kappa shape index (κ2) is 7.30. The molecule has 3 heterocycles. The van der Waals surface area contributed by atoms with Crippen molar-refractivity contribution in [3.63, 3.8) is 0 Å². The number of benzene rings is 1. The van der Waals surface area contributed by atoms with Gasteiger partial charge >= 0.3 is 0 Å². The van der Waals surface area contributed by atoms with E-state index in [2.05, 4.69) is 15.1 Å². The molecule has 1 amide bonds. The number of aliphatic hydroxyl groups is 1. The van der Waals surface area contributed by atoms with E-state index in [1.54, 1.807) is 4.90 Å². The van der Waals surface area contributed by atoms with Gasteiger partial charge in [-0.2, -0.15) is 15.0 Å². The topological polar surface area (TPSA) is 83.7 Å². The van der Waals surface area contributed by atoms with Gasteiger partial charge in [-0.05, 0) is 38.1 Å². The Kier molecular flexibility index (Phi) is 4.88. The Morgan fingerprint density at radius 2 is 1.85 bits per heavy atom. The van der Waals surface area contributed by atoms with Crippen molar-refractivity contribution in [2.75, 3.05) is 45.9 Å². The second-order valence-corrected chi connectivity index (χ2v) is 7.29. The summed E-state index contributed by atoms with van der Waals surface area (Å²) >= 11 is 0. The van der Waals surface area contributed by atoms with Crippen molar-refractivity contribution in [3.8, 4) is 0 Å². The highest BCUT2D eigenvalue weighted by Crippen LogP contribution is 2.18. The number of fused-ring (bicyclic) bond motifs is 1. The van der Waals surface area contributed by atoms with Gasteiger partial charge in [-0.3, -0.25) is 4.79 Å². The van der Waals surface area contributed by atoms with Crippen molar-refractivity contribution in [1.82, 2.24) is 24.8 Å². The lowest BCUT2D eigenvalue weighted by Gasteiger charge is -2.33. The number of carbonyl (C=O) groups excluding carboxylic acids is 1. The average molecular weight is 359 g/mol. The van der Waals surface area contributed by atoms with Gasteiger partial charge in [0.15, 0.2) is 0 Å². The summed E-state index contributed by atoms with van der Waals surface area (Å²) in [5.41, 5.74) is 0.508. The first-order valence-electron chi connectivity index (χ1n) is 9.21. The molecule has 0 spiro atoms. The van der Waals surface area contributed by atoms with Gasteiger partial charge in [-0.1, -0.05) is 12.1 Å². The highest BCUT2D eigenvalue weighted by atomic mass is 16.5. The van der Waals surface area contributed by atoms with Crippen molar-refractivity contribution in [3.05, 3.63) is 24.3 Å². The first kappa shape index (κ1) is 17.4. The molecule has 4 rings (SSSR count). The fourth-order valence-electron chi connectivity index (χ4n) is 3.78. The number of amides is 1. The van der Waals surface area contributed by atoms with E-state index in [0.717, 1.165) is 37.0 Å². The molecule has 1 aromatic heterocycles. The van der Waals surface area contributed by atoms with E-state index in [1.807, 2.05) is 24.3 Å². The zero-order chi connectivity index (χ0) is 18.0. The van der Waals surface area contributed by atoms with Crippen molar-refractivity contribution in [1.29, 1.82) is 0 Å². The lowest BCUT2D eigenvalue weighted by atomic mass is 10.0. The smallest absolute Gasteiger partial charge is 0.246 e. The molecule has 2 aliphatic heterocycles. The molecule has 2 aliphatic rings. The molecule has 1 N–H and O–H groups in total. The average Bonchev–Trinajstić information content (AvgIpc) is 3.21. The number of carbonyl (C=O) groups is 1. The Morgan fingerprint density at radius 3 is 2.54 bits per heavy atom. The molecule has 1 aromatic carbocycles. The number of hydrogen-bond acceptors (Lipinski definition) is 6. The Labute approximate surface area is 152 Å². The highest BCUT2D eigenvalue weighted by molar-refractivity contribution is 5.77. The zero-order valence-electron chi connectivity index (χ0n) is 14.9. The number of β-amino-alcohol motifs (C(OH)–C–C–N with tert-alkyl or cyclic N) is 1. The Bertz CT molecular complexity index is 740. The van der Waals surface area contributed by atoms with Crippen molar-refractivity contribution < 1.29 is 14.6 Å². The van der Waals surface area contributed by atoms with Gasteiger partial charge in [0.1, 0.15) is 23.2 Å². The Morgan fingerprint density at radius 1 is 1.15 bits per heavy atom. The van der Waals surface area contributed by atoms with E-state index >= 15 is 0 Å². The largest absolute Gasteiger partial charge is 0.384 e. The molecule has 26 heavy (non-hydrogen) atoms. The van der Waals surface area contributed by atoms with Gasteiger partial charge in [-0.25, -0.2) is 0 Å². The van der Waals surface area contributed by atoms with E-state index in [-0.39, 0.29) is 25.6 Å². The maximum absolute atomic E-state index is 12.8. The summed E-state index contributed by atoms with van der Waals surface area (Å²) in [6.45, 7) is 4.06. The number of hydrogen-bond donors (Lipinski definition) is 1. The molecular formula is C18H25N5O3. The third kappa shape index (κ3) is 3.87. The quantitative estimate of drug-likeness (QED) is 0.835. The molecular weight excluding hydrogens is 334 g/mol. The normalized spacial score (nSPS) is 24.9. The molecule has 0 saturated carbocycles. The van der Waals surface area contributed by atoms with Crippen LogP contribution in [0.3, 0.4) is 0 Å². The molecule has 0 radical (unpaired) electrons. The molecule has 8 heteroatoms. The standard InChI is InChI=1S/C18H25N5O3/c24-17(11-23-19-15-5-1-2-6-16(15)20-23)22-9-10-26-14-18(25,13-22)12-21-7-3-4-8-21/h1-2,5-6,25H,3-4,7-14H2/t18-/m0/s1. The number of ether oxygens (including phenoxy) is 1. The molecule has 0 unspecified atom stereocenters. The lowest BCUT2D eigenvalue weighted by Crippen LogP contribution is -2.53. The van der Waals surface area contributed by atoms with Gasteiger partial charge in [-0.15, -0.1) is 0 Å². The van der Waals surface area contributed by atoms with Gasteiger partial charge in [0.05, 0.1) is 19.8 Å². The molecule has 8 nitrogen and oxygen atoms in total. The lowest BCUT2D eigenvalue weighted by molar-refractivity contribution is -0.135. The van der Waals surface area contributed by atoms with Gasteiger partial charge in [0, 0.05) is 13.1 Å². The van der Waals surface area contributed by atoms with E-state index in [1.165, 1.54) is 4.80 Å². The number of aromatic nitrogens is 3. The predicted octanol–water partition coefficient (Wildman–Crippen LogP) is 0.117. The van der Waals surface area contributed by atoms with Crippen molar-refractivity contribution >= 4 is 16.9 Å². The molecule has 1 atom stereocenters. The Hall–Kier alpha value is -2.03. The third-order valence-corrected chi connectivity index (χ3v) is 5.04. The van der Waals surface area contributed by atoms with Crippen LogP contribution in [0.5, 0.6) is 0 Å². The summed E-state index contributed by atoms with van der Waals surface area (Å²) in [6, 6.07) is 7.54. The molecule has 2 aromatic rings. The molecule has 140 valence electrons. The minimum absolute atomic E-state index is 0.0640. The maximum Gasteiger partial charge on any atom is 0.246 e. The molecule has 2 saturated heterocycles. The summed E-state index contributed by atoms with van der Waals surface area (Å²) in [6.07, 6.45) is 2.33. The minimum atomic E-state index is -1.03. The van der Waals surface area contributed by atoms with Crippen molar-refractivity contribution in [2.24, 2.45) is 0 Å². The van der Waals surface area contributed by atoms with E-state index < -0.39 is 5.60 Å². The second-order valence-electron chi connectivity index (χ2n) is 7.29.